The lowest BCUT2D eigenvalue weighted by molar-refractivity contribution is -0.116. The maximum atomic E-state index is 12.6. The van der Waals surface area contributed by atoms with Crippen LogP contribution in [0.3, 0.4) is 0 Å². The summed E-state index contributed by atoms with van der Waals surface area (Å²) >= 11 is 1.59. The Bertz CT molecular complexity index is 1010. The molecule has 1 aliphatic carbocycles. The van der Waals surface area contributed by atoms with Crippen molar-refractivity contribution in [1.82, 2.24) is 4.90 Å². The largest absolute Gasteiger partial charge is 0.370 e. The van der Waals surface area contributed by atoms with E-state index in [9.17, 15) is 10.1 Å². The number of benzene rings is 1. The Morgan fingerprint density at radius 3 is 2.58 bits per heavy atom. The van der Waals surface area contributed by atoms with Crippen LogP contribution in [-0.2, 0) is 17.6 Å². The molecule has 31 heavy (non-hydrogen) atoms. The Kier molecular flexibility index (Phi) is 6.86. The summed E-state index contributed by atoms with van der Waals surface area (Å²) in [4.78, 5) is 18.5. The van der Waals surface area contributed by atoms with Crippen LogP contribution in [-0.4, -0.2) is 43.5 Å². The van der Waals surface area contributed by atoms with E-state index in [0.717, 1.165) is 74.7 Å². The monoisotopic (exact) mass is 433 g/mol. The number of nitrogens with zero attached hydrogens (tertiary/aromatic N) is 4. The summed E-state index contributed by atoms with van der Waals surface area (Å²) in [5.41, 5.74) is 3.66. The van der Waals surface area contributed by atoms with E-state index in [2.05, 4.69) is 27.3 Å². The number of nitriles is 2. The van der Waals surface area contributed by atoms with Gasteiger partial charge in [-0.25, -0.2) is 0 Å². The van der Waals surface area contributed by atoms with Crippen LogP contribution in [0, 0.1) is 22.7 Å². The first-order chi connectivity index (χ1) is 15.2. The molecule has 0 atom stereocenters. The van der Waals surface area contributed by atoms with Gasteiger partial charge in [0.2, 0.25) is 5.91 Å². The van der Waals surface area contributed by atoms with Gasteiger partial charge in [-0.15, -0.1) is 11.3 Å². The molecule has 1 N–H and O–H groups in total. The Hall–Kier alpha value is -2.87. The Balaban J connectivity index is 1.29. The van der Waals surface area contributed by atoms with Gasteiger partial charge in [0.05, 0.1) is 17.2 Å². The van der Waals surface area contributed by atoms with Crippen LogP contribution in [0.25, 0.3) is 0 Å². The molecule has 1 amide bonds. The van der Waals surface area contributed by atoms with Crippen molar-refractivity contribution in [3.05, 3.63) is 45.8 Å². The van der Waals surface area contributed by atoms with Crippen molar-refractivity contribution in [3.8, 4) is 12.1 Å². The molecule has 1 aromatic heterocycles. The zero-order valence-electron chi connectivity index (χ0n) is 17.7. The fraction of sp³-hybridized carbons (Fsp3) is 0.458. The summed E-state index contributed by atoms with van der Waals surface area (Å²) in [6, 6.07) is 12.2. The summed E-state index contributed by atoms with van der Waals surface area (Å²) in [5.74, 6) is -0.0108. The minimum Gasteiger partial charge on any atom is -0.370 e. The first kappa shape index (κ1) is 21.4. The number of fused-ring (bicyclic) bond motifs is 1. The molecule has 1 fully saturated rings. The van der Waals surface area contributed by atoms with Gasteiger partial charge in [0.25, 0.3) is 0 Å². The zero-order chi connectivity index (χ0) is 21.6. The summed E-state index contributed by atoms with van der Waals surface area (Å²) in [6.07, 6.45) is 5.74. The van der Waals surface area contributed by atoms with Crippen LogP contribution in [0.1, 0.15) is 47.3 Å². The summed E-state index contributed by atoms with van der Waals surface area (Å²) in [5, 5.41) is 22.3. The quantitative estimate of drug-likeness (QED) is 0.773. The van der Waals surface area contributed by atoms with E-state index in [0.29, 0.717) is 17.5 Å². The van der Waals surface area contributed by atoms with Crippen molar-refractivity contribution in [2.75, 3.05) is 42.9 Å². The van der Waals surface area contributed by atoms with Gasteiger partial charge < -0.3 is 15.1 Å². The van der Waals surface area contributed by atoms with Crippen molar-refractivity contribution < 1.29 is 4.79 Å². The maximum Gasteiger partial charge on any atom is 0.226 e. The van der Waals surface area contributed by atoms with Crippen LogP contribution < -0.4 is 10.2 Å². The third-order valence-corrected chi connectivity index (χ3v) is 7.35. The third kappa shape index (κ3) is 5.07. The number of rotatable bonds is 5. The highest BCUT2D eigenvalue weighted by Gasteiger charge is 2.22. The highest BCUT2D eigenvalue weighted by atomic mass is 32.1. The highest BCUT2D eigenvalue weighted by molar-refractivity contribution is 7.16. The molecule has 1 aliphatic heterocycles. The SMILES string of the molecule is N#Cc1ccc(N2CCCN(CCC(=O)Nc3sc4c(c3C#N)CCCC4)CC2)cc1. The fourth-order valence-corrected chi connectivity index (χ4v) is 5.68. The minimum atomic E-state index is -0.0108. The number of hydrogen-bond donors (Lipinski definition) is 1. The van der Waals surface area contributed by atoms with E-state index < -0.39 is 0 Å². The summed E-state index contributed by atoms with van der Waals surface area (Å²) in [7, 11) is 0. The first-order valence-corrected chi connectivity index (χ1v) is 11.8. The van der Waals surface area contributed by atoms with Crippen LogP contribution >= 0.6 is 11.3 Å². The minimum absolute atomic E-state index is 0.0108. The van der Waals surface area contributed by atoms with Crippen LogP contribution in [0.5, 0.6) is 0 Å². The third-order valence-electron chi connectivity index (χ3n) is 6.14. The van der Waals surface area contributed by atoms with Crippen molar-refractivity contribution in [2.24, 2.45) is 0 Å². The molecule has 7 heteroatoms. The Labute approximate surface area is 187 Å². The number of thiophene rings is 1. The second-order valence-corrected chi connectivity index (χ2v) is 9.27. The van der Waals surface area contributed by atoms with Gasteiger partial charge in [-0.3, -0.25) is 4.79 Å². The van der Waals surface area contributed by atoms with E-state index in [1.165, 1.54) is 11.3 Å². The van der Waals surface area contributed by atoms with Crippen molar-refractivity contribution >= 4 is 27.9 Å². The molecular formula is C24H27N5OS. The van der Waals surface area contributed by atoms with Crippen LogP contribution in [0.2, 0.25) is 0 Å². The lowest BCUT2D eigenvalue weighted by Crippen LogP contribution is -2.32. The van der Waals surface area contributed by atoms with E-state index in [1.54, 1.807) is 11.3 Å². The summed E-state index contributed by atoms with van der Waals surface area (Å²) in [6.45, 7) is 4.48. The van der Waals surface area contributed by atoms with Crippen LogP contribution in [0.15, 0.2) is 24.3 Å². The smallest absolute Gasteiger partial charge is 0.226 e. The second-order valence-electron chi connectivity index (χ2n) is 8.17. The number of nitrogens with one attached hydrogen (secondary N) is 1. The number of amides is 1. The van der Waals surface area contributed by atoms with E-state index in [-0.39, 0.29) is 5.91 Å². The number of anilines is 2. The van der Waals surface area contributed by atoms with E-state index in [1.807, 2.05) is 24.3 Å². The molecule has 0 radical (unpaired) electrons. The number of hydrogen-bond acceptors (Lipinski definition) is 6. The molecule has 1 saturated heterocycles. The normalized spacial score (nSPS) is 16.6. The standard InChI is InChI=1S/C24H27N5OS/c25-16-18-6-8-19(9-7-18)29-12-3-11-28(14-15-29)13-10-23(30)27-24-21(17-26)20-4-1-2-5-22(20)31-24/h6-9H,1-5,10-15H2,(H,27,30). The predicted molar refractivity (Wildman–Crippen MR) is 123 cm³/mol. The molecule has 0 unspecified atom stereocenters. The van der Waals surface area contributed by atoms with Crippen molar-refractivity contribution in [3.63, 3.8) is 0 Å². The zero-order valence-corrected chi connectivity index (χ0v) is 18.5. The van der Waals surface area contributed by atoms with Gasteiger partial charge in [0.1, 0.15) is 11.1 Å². The Morgan fingerprint density at radius 2 is 1.81 bits per heavy atom. The molecule has 0 saturated carbocycles. The van der Waals surface area contributed by atoms with Crippen LogP contribution in [0.4, 0.5) is 10.7 Å². The fourth-order valence-electron chi connectivity index (χ4n) is 4.42. The average molecular weight is 434 g/mol. The average Bonchev–Trinajstić information content (AvgIpc) is 2.98. The molecular weight excluding hydrogens is 406 g/mol. The molecule has 2 aliphatic rings. The molecule has 4 rings (SSSR count). The molecule has 2 aromatic rings. The van der Waals surface area contributed by atoms with Crippen molar-refractivity contribution in [1.29, 1.82) is 10.5 Å². The van der Waals surface area contributed by atoms with E-state index >= 15 is 0 Å². The first-order valence-electron chi connectivity index (χ1n) is 11.0. The lowest BCUT2D eigenvalue weighted by atomic mass is 9.96. The number of aryl methyl sites for hydroxylation is 1. The van der Waals surface area contributed by atoms with Gasteiger partial charge in [-0.05, 0) is 68.5 Å². The second kappa shape index (κ2) is 9.96. The molecule has 2 heterocycles. The number of carbonyl (C=O) groups is 1. The lowest BCUT2D eigenvalue weighted by Gasteiger charge is -2.23. The van der Waals surface area contributed by atoms with E-state index in [4.69, 9.17) is 5.26 Å². The summed E-state index contributed by atoms with van der Waals surface area (Å²) < 4.78 is 0. The van der Waals surface area contributed by atoms with Gasteiger partial charge in [-0.2, -0.15) is 10.5 Å². The van der Waals surface area contributed by atoms with Gasteiger partial charge in [0.15, 0.2) is 0 Å². The van der Waals surface area contributed by atoms with Gasteiger partial charge >= 0.3 is 0 Å². The molecule has 160 valence electrons. The molecule has 0 bridgehead atoms. The van der Waals surface area contributed by atoms with Gasteiger partial charge in [-0.1, -0.05) is 0 Å². The Morgan fingerprint density at radius 1 is 1.00 bits per heavy atom. The molecule has 1 aromatic carbocycles. The number of carbonyl (C=O) groups excluding carboxylic acids is 1. The highest BCUT2D eigenvalue weighted by Crippen LogP contribution is 2.37. The topological polar surface area (TPSA) is 83.2 Å². The predicted octanol–water partition coefficient (Wildman–Crippen LogP) is 3.91. The molecule has 6 nitrogen and oxygen atoms in total. The maximum absolute atomic E-state index is 12.6. The molecule has 0 spiro atoms. The van der Waals surface area contributed by atoms with Gasteiger partial charge in [0, 0.05) is 43.2 Å². The van der Waals surface area contributed by atoms with Crippen molar-refractivity contribution in [2.45, 2.75) is 38.5 Å².